The van der Waals surface area contributed by atoms with Crippen LogP contribution in [0.3, 0.4) is 0 Å². The molecule has 0 heterocycles. The van der Waals surface area contributed by atoms with Crippen molar-refractivity contribution >= 4 is 23.7 Å². The van der Waals surface area contributed by atoms with Crippen LogP contribution in [0.25, 0.3) is 0 Å². The van der Waals surface area contributed by atoms with Gasteiger partial charge in [0.05, 0.1) is 0 Å². The molecule has 0 fully saturated rings. The van der Waals surface area contributed by atoms with Crippen LogP contribution in [0.4, 0.5) is 4.79 Å². The summed E-state index contributed by atoms with van der Waals surface area (Å²) in [5, 5.41) is -0.293. The lowest BCUT2D eigenvalue weighted by molar-refractivity contribution is -0.146. The highest BCUT2D eigenvalue weighted by Crippen LogP contribution is 1.98. The van der Waals surface area contributed by atoms with E-state index in [1.54, 1.807) is 0 Å². The van der Waals surface area contributed by atoms with E-state index in [-0.39, 0.29) is 5.03 Å². The second-order valence-electron chi connectivity index (χ2n) is 1.42. The normalized spacial score (nSPS) is 8.45. The molecular weight excluding hydrogens is 174 g/mol. The fourth-order valence-corrected chi connectivity index (χ4v) is 0.274. The summed E-state index contributed by atoms with van der Waals surface area (Å²) in [4.78, 5) is 20.3. The summed E-state index contributed by atoms with van der Waals surface area (Å²) in [6.07, 6.45) is -1.03. The van der Waals surface area contributed by atoms with Gasteiger partial charge in [0.15, 0.2) is 0 Å². The minimum atomic E-state index is -1.03. The van der Waals surface area contributed by atoms with Crippen LogP contribution < -0.4 is 5.73 Å². The van der Waals surface area contributed by atoms with Crippen molar-refractivity contribution in [1.29, 1.82) is 0 Å². The smallest absolute Gasteiger partial charge is 0.407 e. The van der Waals surface area contributed by atoms with E-state index in [0.29, 0.717) is 0 Å². The Kier molecular flexibility index (Phi) is 4.05. The number of primary amides is 1. The highest BCUT2D eigenvalue weighted by atomic mass is 35.5. The fourth-order valence-electron chi connectivity index (χ4n) is 0.219. The first kappa shape index (κ1) is 9.77. The first-order valence-electron chi connectivity index (χ1n) is 2.48. The quantitative estimate of drug-likeness (QED) is 0.385. The van der Waals surface area contributed by atoms with Crippen LogP contribution in [0.15, 0.2) is 11.6 Å². The Bertz CT molecular complexity index is 191. The molecule has 5 nitrogen and oxygen atoms in total. The zero-order valence-electron chi connectivity index (χ0n) is 5.50. The number of carbonyl (C=O) groups is 2. The number of hydrogen-bond donors (Lipinski definition) is 1. The third kappa shape index (κ3) is 5.23. The van der Waals surface area contributed by atoms with E-state index in [0.717, 1.165) is 0 Å². The van der Waals surface area contributed by atoms with E-state index < -0.39 is 18.9 Å². The van der Waals surface area contributed by atoms with Gasteiger partial charge in [0.2, 0.25) is 6.79 Å². The molecular formula is C5H6ClNO4. The minimum absolute atomic E-state index is 0.293. The molecule has 0 bridgehead atoms. The Morgan fingerprint density at radius 2 is 2.00 bits per heavy atom. The van der Waals surface area contributed by atoms with Crippen LogP contribution in [0.2, 0.25) is 0 Å². The van der Waals surface area contributed by atoms with Crippen LogP contribution >= 0.6 is 11.6 Å². The van der Waals surface area contributed by atoms with Gasteiger partial charge < -0.3 is 15.2 Å². The lowest BCUT2D eigenvalue weighted by Gasteiger charge is -2.01. The summed E-state index contributed by atoms with van der Waals surface area (Å²) in [5.41, 5.74) is 4.55. The van der Waals surface area contributed by atoms with Gasteiger partial charge in [0.25, 0.3) is 0 Å². The van der Waals surface area contributed by atoms with E-state index in [1.807, 2.05) is 0 Å². The maximum Gasteiger partial charge on any atom is 0.407 e. The van der Waals surface area contributed by atoms with Gasteiger partial charge >= 0.3 is 12.1 Å². The predicted octanol–water partition coefficient (Wildman–Crippen LogP) is 0.335. The van der Waals surface area contributed by atoms with Gasteiger partial charge in [-0.2, -0.15) is 0 Å². The zero-order chi connectivity index (χ0) is 8.85. The number of halogens is 1. The first-order chi connectivity index (χ1) is 5.04. The van der Waals surface area contributed by atoms with Crippen molar-refractivity contribution in [2.45, 2.75) is 0 Å². The van der Waals surface area contributed by atoms with Crippen molar-refractivity contribution in [3.63, 3.8) is 0 Å². The largest absolute Gasteiger partial charge is 0.424 e. The molecule has 62 valence electrons. The average Bonchev–Trinajstić information content (AvgIpc) is 1.86. The number of esters is 1. The molecule has 0 aromatic carbocycles. The van der Waals surface area contributed by atoms with Crippen molar-refractivity contribution in [3.8, 4) is 0 Å². The molecule has 11 heavy (non-hydrogen) atoms. The van der Waals surface area contributed by atoms with E-state index in [9.17, 15) is 9.59 Å². The molecule has 0 radical (unpaired) electrons. The number of amides is 1. The molecule has 0 aliphatic rings. The molecule has 1 amide bonds. The number of hydrogen-bond acceptors (Lipinski definition) is 4. The second kappa shape index (κ2) is 4.56. The van der Waals surface area contributed by atoms with Crippen molar-refractivity contribution in [2.75, 3.05) is 6.79 Å². The summed E-state index contributed by atoms with van der Waals surface area (Å²) >= 11 is 5.10. The van der Waals surface area contributed by atoms with Crippen molar-refractivity contribution < 1.29 is 19.1 Å². The maximum atomic E-state index is 10.4. The molecule has 0 atom stereocenters. The monoisotopic (exact) mass is 179 g/mol. The fraction of sp³-hybridized carbons (Fsp3) is 0.200. The van der Waals surface area contributed by atoms with Crippen LogP contribution in [-0.2, 0) is 14.3 Å². The van der Waals surface area contributed by atoms with E-state index in [2.05, 4.69) is 21.8 Å². The Morgan fingerprint density at radius 1 is 1.45 bits per heavy atom. The lowest BCUT2D eigenvalue weighted by Crippen LogP contribution is -2.17. The SMILES string of the molecule is C=C(Cl)C(=O)OCOC(N)=O. The third-order valence-electron chi connectivity index (χ3n) is 0.613. The van der Waals surface area contributed by atoms with Crippen LogP contribution in [0.5, 0.6) is 0 Å². The summed E-state index contributed by atoms with van der Waals surface area (Å²) in [6.45, 7) is 2.52. The average molecular weight is 180 g/mol. The Morgan fingerprint density at radius 3 is 2.36 bits per heavy atom. The molecule has 0 saturated heterocycles. The molecule has 2 N–H and O–H groups in total. The molecule has 0 spiro atoms. The highest BCUT2D eigenvalue weighted by Gasteiger charge is 2.04. The van der Waals surface area contributed by atoms with Crippen LogP contribution in [-0.4, -0.2) is 18.9 Å². The number of ether oxygens (including phenoxy) is 2. The van der Waals surface area contributed by atoms with Gasteiger partial charge in [-0.3, -0.25) is 0 Å². The van der Waals surface area contributed by atoms with Crippen LogP contribution in [0.1, 0.15) is 0 Å². The van der Waals surface area contributed by atoms with E-state index >= 15 is 0 Å². The Balaban J connectivity index is 3.47. The standard InChI is InChI=1S/C5H6ClNO4/c1-3(6)4(8)10-2-11-5(7)9/h1-2H2,(H2,7,9). The van der Waals surface area contributed by atoms with Crippen molar-refractivity contribution in [2.24, 2.45) is 5.73 Å². The Hall–Kier alpha value is -1.23. The van der Waals surface area contributed by atoms with Gasteiger partial charge in [0, 0.05) is 0 Å². The highest BCUT2D eigenvalue weighted by molar-refractivity contribution is 6.40. The molecule has 0 aliphatic heterocycles. The van der Waals surface area contributed by atoms with Gasteiger partial charge in [-0.05, 0) is 0 Å². The summed E-state index contributed by atoms with van der Waals surface area (Å²) in [6, 6.07) is 0. The summed E-state index contributed by atoms with van der Waals surface area (Å²) in [5.74, 6) is -0.854. The van der Waals surface area contributed by atoms with Crippen LogP contribution in [0, 0.1) is 0 Å². The zero-order valence-corrected chi connectivity index (χ0v) is 6.26. The lowest BCUT2D eigenvalue weighted by atomic mass is 10.6. The van der Waals surface area contributed by atoms with E-state index in [4.69, 9.17) is 11.6 Å². The third-order valence-corrected chi connectivity index (χ3v) is 0.767. The molecule has 0 unspecified atom stereocenters. The topological polar surface area (TPSA) is 78.6 Å². The number of carbonyl (C=O) groups excluding carboxylic acids is 2. The Labute approximate surface area is 67.7 Å². The first-order valence-corrected chi connectivity index (χ1v) is 2.85. The number of nitrogens with two attached hydrogens (primary N) is 1. The summed E-state index contributed by atoms with van der Waals surface area (Å²) < 4.78 is 8.28. The van der Waals surface area contributed by atoms with E-state index in [1.165, 1.54) is 0 Å². The van der Waals surface area contributed by atoms with Crippen molar-refractivity contribution in [1.82, 2.24) is 0 Å². The molecule has 0 saturated carbocycles. The minimum Gasteiger partial charge on any atom is -0.424 e. The predicted molar refractivity (Wildman–Crippen MR) is 36.6 cm³/mol. The van der Waals surface area contributed by atoms with Gasteiger partial charge in [-0.25, -0.2) is 9.59 Å². The molecule has 6 heteroatoms. The second-order valence-corrected chi connectivity index (χ2v) is 1.87. The summed E-state index contributed by atoms with van der Waals surface area (Å²) in [7, 11) is 0. The molecule has 0 aliphatic carbocycles. The van der Waals surface area contributed by atoms with Gasteiger partial charge in [-0.1, -0.05) is 18.2 Å². The molecule has 0 rings (SSSR count). The number of rotatable bonds is 3. The molecule has 0 aromatic heterocycles. The van der Waals surface area contributed by atoms with Gasteiger partial charge in [-0.15, -0.1) is 0 Å². The maximum absolute atomic E-state index is 10.4. The molecule has 0 aromatic rings. The van der Waals surface area contributed by atoms with Gasteiger partial charge in [0.1, 0.15) is 5.03 Å². The van der Waals surface area contributed by atoms with Crippen molar-refractivity contribution in [3.05, 3.63) is 11.6 Å².